The van der Waals surface area contributed by atoms with Gasteiger partial charge in [-0.2, -0.15) is 0 Å². The van der Waals surface area contributed by atoms with Gasteiger partial charge >= 0.3 is 0 Å². The lowest BCUT2D eigenvalue weighted by molar-refractivity contribution is 0.114. The molecule has 0 spiro atoms. The van der Waals surface area contributed by atoms with Gasteiger partial charge in [-0.05, 0) is 43.5 Å². The Morgan fingerprint density at radius 1 is 1.27 bits per heavy atom. The maximum atomic E-state index is 13.0. The standard InChI is InChI=1S/C13H18FN/c1-4-13(2,3)15-8-10-5-6-12(14)7-11(10)9-15/h5-7H,4,8-9H2,1-3H3. The van der Waals surface area contributed by atoms with Crippen molar-refractivity contribution in [1.29, 1.82) is 0 Å². The van der Waals surface area contributed by atoms with Crippen molar-refractivity contribution in [3.63, 3.8) is 0 Å². The van der Waals surface area contributed by atoms with Crippen LogP contribution in [0.4, 0.5) is 4.39 Å². The third-order valence-electron chi connectivity index (χ3n) is 3.61. The molecule has 0 unspecified atom stereocenters. The fraction of sp³-hybridized carbons (Fsp3) is 0.538. The van der Waals surface area contributed by atoms with Gasteiger partial charge in [-0.15, -0.1) is 0 Å². The molecule has 0 aliphatic carbocycles. The average molecular weight is 207 g/mol. The quantitative estimate of drug-likeness (QED) is 0.719. The van der Waals surface area contributed by atoms with Gasteiger partial charge in [0, 0.05) is 18.6 Å². The maximum absolute atomic E-state index is 13.0. The summed E-state index contributed by atoms with van der Waals surface area (Å²) >= 11 is 0. The van der Waals surface area contributed by atoms with Gasteiger partial charge in [0.25, 0.3) is 0 Å². The second-order valence-electron chi connectivity index (χ2n) is 4.94. The number of rotatable bonds is 2. The van der Waals surface area contributed by atoms with E-state index >= 15 is 0 Å². The van der Waals surface area contributed by atoms with E-state index in [4.69, 9.17) is 0 Å². The van der Waals surface area contributed by atoms with Crippen molar-refractivity contribution in [2.24, 2.45) is 0 Å². The lowest BCUT2D eigenvalue weighted by Gasteiger charge is -2.34. The first-order valence-corrected chi connectivity index (χ1v) is 5.55. The smallest absolute Gasteiger partial charge is 0.123 e. The topological polar surface area (TPSA) is 3.24 Å². The molecule has 0 saturated carbocycles. The molecule has 1 nitrogen and oxygen atoms in total. The van der Waals surface area contributed by atoms with Crippen molar-refractivity contribution in [3.05, 3.63) is 35.1 Å². The van der Waals surface area contributed by atoms with Crippen LogP contribution < -0.4 is 0 Å². The van der Waals surface area contributed by atoms with Crippen LogP contribution in [-0.4, -0.2) is 10.4 Å². The Kier molecular flexibility index (Phi) is 2.55. The van der Waals surface area contributed by atoms with E-state index in [9.17, 15) is 4.39 Å². The largest absolute Gasteiger partial charge is 0.290 e. The van der Waals surface area contributed by atoms with Gasteiger partial charge in [-0.3, -0.25) is 4.90 Å². The molecule has 1 aromatic carbocycles. The Morgan fingerprint density at radius 2 is 1.93 bits per heavy atom. The van der Waals surface area contributed by atoms with Gasteiger partial charge in [0.05, 0.1) is 0 Å². The zero-order valence-corrected chi connectivity index (χ0v) is 9.68. The normalized spacial score (nSPS) is 16.8. The van der Waals surface area contributed by atoms with E-state index in [0.717, 1.165) is 25.1 Å². The number of hydrogen-bond donors (Lipinski definition) is 0. The molecule has 2 heteroatoms. The molecule has 0 atom stereocenters. The highest BCUT2D eigenvalue weighted by atomic mass is 19.1. The Balaban J connectivity index is 2.22. The van der Waals surface area contributed by atoms with Crippen LogP contribution in [0.3, 0.4) is 0 Å². The molecular weight excluding hydrogens is 189 g/mol. The van der Waals surface area contributed by atoms with Gasteiger partial charge in [-0.25, -0.2) is 4.39 Å². The molecule has 1 aliphatic heterocycles. The summed E-state index contributed by atoms with van der Waals surface area (Å²) in [4.78, 5) is 2.41. The lowest BCUT2D eigenvalue weighted by atomic mass is 10.00. The summed E-state index contributed by atoms with van der Waals surface area (Å²) in [6, 6.07) is 5.14. The highest BCUT2D eigenvalue weighted by molar-refractivity contribution is 5.31. The molecule has 0 saturated heterocycles. The molecule has 1 aliphatic rings. The number of halogens is 1. The summed E-state index contributed by atoms with van der Waals surface area (Å²) in [6.07, 6.45) is 1.11. The summed E-state index contributed by atoms with van der Waals surface area (Å²) in [5.74, 6) is -0.120. The van der Waals surface area contributed by atoms with Crippen molar-refractivity contribution in [3.8, 4) is 0 Å². The Labute approximate surface area is 90.9 Å². The van der Waals surface area contributed by atoms with Crippen molar-refractivity contribution in [2.75, 3.05) is 0 Å². The van der Waals surface area contributed by atoms with Crippen LogP contribution >= 0.6 is 0 Å². The first-order valence-electron chi connectivity index (χ1n) is 5.55. The summed E-state index contributed by atoms with van der Waals surface area (Å²) in [6.45, 7) is 8.53. The zero-order chi connectivity index (χ0) is 11.1. The average Bonchev–Trinajstić information content (AvgIpc) is 2.61. The zero-order valence-electron chi connectivity index (χ0n) is 9.68. The second kappa shape index (κ2) is 3.60. The Morgan fingerprint density at radius 3 is 2.60 bits per heavy atom. The van der Waals surface area contributed by atoms with Crippen LogP contribution in [0.5, 0.6) is 0 Å². The predicted molar refractivity (Wildman–Crippen MR) is 60.0 cm³/mol. The van der Waals surface area contributed by atoms with Gasteiger partial charge in [0.15, 0.2) is 0 Å². The monoisotopic (exact) mass is 207 g/mol. The van der Waals surface area contributed by atoms with Gasteiger partial charge < -0.3 is 0 Å². The number of benzene rings is 1. The van der Waals surface area contributed by atoms with Gasteiger partial charge in [-0.1, -0.05) is 13.0 Å². The van der Waals surface area contributed by atoms with Gasteiger partial charge in [0.2, 0.25) is 0 Å². The number of nitrogens with zero attached hydrogens (tertiary/aromatic N) is 1. The van der Waals surface area contributed by atoms with E-state index < -0.39 is 0 Å². The molecule has 1 aromatic rings. The summed E-state index contributed by atoms with van der Waals surface area (Å²) in [5, 5.41) is 0. The van der Waals surface area contributed by atoms with Crippen molar-refractivity contribution < 1.29 is 4.39 Å². The van der Waals surface area contributed by atoms with E-state index in [2.05, 4.69) is 25.7 Å². The lowest BCUT2D eigenvalue weighted by Crippen LogP contribution is -2.39. The summed E-state index contributed by atoms with van der Waals surface area (Å²) < 4.78 is 13.0. The second-order valence-corrected chi connectivity index (χ2v) is 4.94. The molecule has 0 N–H and O–H groups in total. The SMILES string of the molecule is CCC(C)(C)N1Cc2ccc(F)cc2C1. The fourth-order valence-electron chi connectivity index (χ4n) is 2.01. The van der Waals surface area contributed by atoms with Crippen LogP contribution in [0.1, 0.15) is 38.3 Å². The molecule has 82 valence electrons. The first kappa shape index (κ1) is 10.6. The molecule has 0 radical (unpaired) electrons. The van der Waals surface area contributed by atoms with Crippen LogP contribution in [-0.2, 0) is 13.1 Å². The number of fused-ring (bicyclic) bond motifs is 1. The molecule has 0 aromatic heterocycles. The summed E-state index contributed by atoms with van der Waals surface area (Å²) in [5.41, 5.74) is 2.63. The molecule has 0 amide bonds. The minimum Gasteiger partial charge on any atom is -0.290 e. The fourth-order valence-corrected chi connectivity index (χ4v) is 2.01. The molecule has 0 fully saturated rings. The van der Waals surface area contributed by atoms with E-state index in [1.165, 1.54) is 5.56 Å². The first-order chi connectivity index (χ1) is 7.03. The van der Waals surface area contributed by atoms with E-state index in [-0.39, 0.29) is 11.4 Å². The molecule has 0 bridgehead atoms. The van der Waals surface area contributed by atoms with Crippen LogP contribution in [0.25, 0.3) is 0 Å². The van der Waals surface area contributed by atoms with Crippen molar-refractivity contribution in [1.82, 2.24) is 4.90 Å². The van der Waals surface area contributed by atoms with Crippen LogP contribution in [0.2, 0.25) is 0 Å². The van der Waals surface area contributed by atoms with Crippen molar-refractivity contribution in [2.45, 2.75) is 45.8 Å². The number of hydrogen-bond acceptors (Lipinski definition) is 1. The molecule has 1 heterocycles. The third kappa shape index (κ3) is 1.91. The highest BCUT2D eigenvalue weighted by Crippen LogP contribution is 2.31. The van der Waals surface area contributed by atoms with Gasteiger partial charge in [0.1, 0.15) is 5.82 Å². The molecule has 2 rings (SSSR count). The van der Waals surface area contributed by atoms with Crippen LogP contribution in [0.15, 0.2) is 18.2 Å². The third-order valence-corrected chi connectivity index (χ3v) is 3.61. The minimum absolute atomic E-state index is 0.120. The molecular formula is C13H18FN. The van der Waals surface area contributed by atoms with E-state index in [1.54, 1.807) is 12.1 Å². The predicted octanol–water partition coefficient (Wildman–Crippen LogP) is 3.33. The van der Waals surface area contributed by atoms with E-state index in [1.807, 2.05) is 6.07 Å². The Hall–Kier alpha value is -0.890. The summed E-state index contributed by atoms with van der Waals surface area (Å²) in [7, 11) is 0. The van der Waals surface area contributed by atoms with E-state index in [0.29, 0.717) is 0 Å². The Bertz CT molecular complexity index is 371. The minimum atomic E-state index is -0.120. The highest BCUT2D eigenvalue weighted by Gasteiger charge is 2.30. The van der Waals surface area contributed by atoms with Crippen molar-refractivity contribution >= 4 is 0 Å². The van der Waals surface area contributed by atoms with Crippen LogP contribution in [0, 0.1) is 5.82 Å². The maximum Gasteiger partial charge on any atom is 0.123 e. The molecule has 15 heavy (non-hydrogen) atoms.